The third-order valence-corrected chi connectivity index (χ3v) is 5.38. The average Bonchev–Trinajstić information content (AvgIpc) is 2.64. The van der Waals surface area contributed by atoms with Crippen molar-refractivity contribution in [2.75, 3.05) is 0 Å². The monoisotopic (exact) mass is 257 g/mol. The van der Waals surface area contributed by atoms with Crippen molar-refractivity contribution >= 4 is 0 Å². The van der Waals surface area contributed by atoms with Gasteiger partial charge in [0, 0.05) is 12.1 Å². The maximum absolute atomic E-state index is 3.92. The second-order valence-corrected chi connectivity index (χ2v) is 7.38. The molecule has 0 spiro atoms. The Labute approximate surface area is 117 Å². The van der Waals surface area contributed by atoms with E-state index in [0.717, 1.165) is 18.0 Å². The predicted octanol–water partition coefficient (Wildman–Crippen LogP) is 4.41. The Morgan fingerprint density at radius 3 is 2.37 bits per heavy atom. The summed E-state index contributed by atoms with van der Waals surface area (Å²) in [4.78, 5) is 0. The molecule has 2 saturated carbocycles. The summed E-state index contributed by atoms with van der Waals surface area (Å²) in [5.41, 5.74) is 3.41. The van der Waals surface area contributed by atoms with Gasteiger partial charge in [-0.15, -0.1) is 0 Å². The highest BCUT2D eigenvalue weighted by molar-refractivity contribution is 5.26. The number of hydrogen-bond donors (Lipinski definition) is 1. The largest absolute Gasteiger partial charge is 0.311 e. The molecule has 1 unspecified atom stereocenters. The number of hydrogen-bond acceptors (Lipinski definition) is 1. The van der Waals surface area contributed by atoms with E-state index in [4.69, 9.17) is 0 Å². The smallest absolute Gasteiger partial charge is 0.0121 e. The fraction of sp³-hybridized carbons (Fsp3) is 0.667. The van der Waals surface area contributed by atoms with E-state index in [9.17, 15) is 0 Å². The molecule has 0 bridgehead atoms. The molecule has 2 fully saturated rings. The molecule has 1 N–H and O–H groups in total. The number of rotatable bonds is 3. The van der Waals surface area contributed by atoms with Crippen molar-refractivity contribution in [2.24, 2.45) is 5.41 Å². The Morgan fingerprint density at radius 1 is 1.11 bits per heavy atom. The molecule has 2 aliphatic rings. The fourth-order valence-electron chi connectivity index (χ4n) is 3.78. The van der Waals surface area contributed by atoms with Gasteiger partial charge in [-0.2, -0.15) is 0 Å². The molecule has 1 nitrogen and oxygen atoms in total. The molecule has 0 aromatic heterocycles. The SMILES string of the molecule is Cc1ccc(C2CC(NC3CCCC3(C)C)C2)cc1. The van der Waals surface area contributed by atoms with Crippen LogP contribution in [0.1, 0.15) is 63.0 Å². The minimum atomic E-state index is 0.509. The molecule has 0 radical (unpaired) electrons. The number of aryl methyl sites for hydroxylation is 1. The summed E-state index contributed by atoms with van der Waals surface area (Å²) in [6.07, 6.45) is 6.82. The lowest BCUT2D eigenvalue weighted by atomic mass is 9.74. The highest BCUT2D eigenvalue weighted by Crippen LogP contribution is 2.41. The Hall–Kier alpha value is -0.820. The van der Waals surface area contributed by atoms with Crippen LogP contribution < -0.4 is 5.32 Å². The van der Waals surface area contributed by atoms with Gasteiger partial charge in [0.1, 0.15) is 0 Å². The topological polar surface area (TPSA) is 12.0 Å². The average molecular weight is 257 g/mol. The predicted molar refractivity (Wildman–Crippen MR) is 81.5 cm³/mol. The van der Waals surface area contributed by atoms with E-state index in [0.29, 0.717) is 5.41 Å². The summed E-state index contributed by atoms with van der Waals surface area (Å²) < 4.78 is 0. The summed E-state index contributed by atoms with van der Waals surface area (Å²) in [6.45, 7) is 7.01. The van der Waals surface area contributed by atoms with Crippen LogP contribution in [0.15, 0.2) is 24.3 Å². The van der Waals surface area contributed by atoms with Gasteiger partial charge in [0.05, 0.1) is 0 Å². The van der Waals surface area contributed by atoms with Crippen LogP contribution in [0.5, 0.6) is 0 Å². The van der Waals surface area contributed by atoms with Gasteiger partial charge in [0.25, 0.3) is 0 Å². The summed E-state index contributed by atoms with van der Waals surface area (Å²) in [5.74, 6) is 0.794. The fourth-order valence-corrected chi connectivity index (χ4v) is 3.78. The zero-order valence-corrected chi connectivity index (χ0v) is 12.6. The van der Waals surface area contributed by atoms with Crippen molar-refractivity contribution in [3.05, 3.63) is 35.4 Å². The minimum absolute atomic E-state index is 0.509. The molecule has 0 heterocycles. The maximum Gasteiger partial charge on any atom is 0.0121 e. The molecular weight excluding hydrogens is 230 g/mol. The Balaban J connectivity index is 1.52. The van der Waals surface area contributed by atoms with Gasteiger partial charge in [-0.3, -0.25) is 0 Å². The van der Waals surface area contributed by atoms with Crippen LogP contribution in [-0.4, -0.2) is 12.1 Å². The molecule has 0 saturated heterocycles. The molecule has 19 heavy (non-hydrogen) atoms. The molecule has 1 heteroatoms. The van der Waals surface area contributed by atoms with E-state index < -0.39 is 0 Å². The first-order valence-electron chi connectivity index (χ1n) is 7.87. The van der Waals surface area contributed by atoms with Gasteiger partial charge in [0.2, 0.25) is 0 Å². The normalized spacial score (nSPS) is 33.1. The van der Waals surface area contributed by atoms with E-state index in [1.807, 2.05) is 0 Å². The van der Waals surface area contributed by atoms with Crippen LogP contribution in [0.2, 0.25) is 0 Å². The van der Waals surface area contributed by atoms with E-state index in [2.05, 4.69) is 50.4 Å². The Kier molecular flexibility index (Phi) is 3.42. The molecule has 1 atom stereocenters. The highest BCUT2D eigenvalue weighted by Gasteiger charge is 2.38. The van der Waals surface area contributed by atoms with Crippen LogP contribution in [0.4, 0.5) is 0 Å². The third-order valence-electron chi connectivity index (χ3n) is 5.38. The van der Waals surface area contributed by atoms with Gasteiger partial charge in [-0.1, -0.05) is 50.1 Å². The third kappa shape index (κ3) is 2.72. The molecule has 0 amide bonds. The molecule has 1 aromatic rings. The van der Waals surface area contributed by atoms with Crippen molar-refractivity contribution in [2.45, 2.75) is 70.9 Å². The van der Waals surface area contributed by atoms with Crippen LogP contribution in [-0.2, 0) is 0 Å². The van der Waals surface area contributed by atoms with Gasteiger partial charge < -0.3 is 5.32 Å². The summed E-state index contributed by atoms with van der Waals surface area (Å²) >= 11 is 0. The van der Waals surface area contributed by atoms with Crippen LogP contribution in [0.25, 0.3) is 0 Å². The molecular formula is C18H27N. The second kappa shape index (κ2) is 4.94. The van der Waals surface area contributed by atoms with Gasteiger partial charge >= 0.3 is 0 Å². The van der Waals surface area contributed by atoms with Crippen molar-refractivity contribution in [3.8, 4) is 0 Å². The lowest BCUT2D eigenvalue weighted by Crippen LogP contribution is -2.49. The summed E-state index contributed by atoms with van der Waals surface area (Å²) in [6, 6.07) is 10.6. The van der Waals surface area contributed by atoms with Crippen molar-refractivity contribution in [1.82, 2.24) is 5.32 Å². The van der Waals surface area contributed by atoms with E-state index in [-0.39, 0.29) is 0 Å². The molecule has 3 rings (SSSR count). The first-order valence-corrected chi connectivity index (χ1v) is 7.87. The first kappa shape index (κ1) is 13.2. The van der Waals surface area contributed by atoms with Crippen LogP contribution >= 0.6 is 0 Å². The Bertz CT molecular complexity index is 426. The zero-order valence-electron chi connectivity index (χ0n) is 12.6. The van der Waals surface area contributed by atoms with Gasteiger partial charge in [0.15, 0.2) is 0 Å². The first-order chi connectivity index (χ1) is 9.04. The number of benzene rings is 1. The summed E-state index contributed by atoms with van der Waals surface area (Å²) in [7, 11) is 0. The summed E-state index contributed by atoms with van der Waals surface area (Å²) in [5, 5.41) is 3.92. The Morgan fingerprint density at radius 2 is 1.79 bits per heavy atom. The quantitative estimate of drug-likeness (QED) is 0.845. The highest BCUT2D eigenvalue weighted by atomic mass is 15.0. The van der Waals surface area contributed by atoms with Crippen molar-refractivity contribution in [3.63, 3.8) is 0 Å². The van der Waals surface area contributed by atoms with E-state index in [1.165, 1.54) is 43.2 Å². The van der Waals surface area contributed by atoms with Crippen LogP contribution in [0.3, 0.4) is 0 Å². The molecule has 1 aromatic carbocycles. The molecule has 0 aliphatic heterocycles. The molecule has 2 aliphatic carbocycles. The van der Waals surface area contributed by atoms with Gasteiger partial charge in [-0.05, 0) is 49.5 Å². The second-order valence-electron chi connectivity index (χ2n) is 7.38. The lowest BCUT2D eigenvalue weighted by molar-refractivity contribution is 0.202. The van der Waals surface area contributed by atoms with Gasteiger partial charge in [-0.25, -0.2) is 0 Å². The maximum atomic E-state index is 3.92. The van der Waals surface area contributed by atoms with Crippen molar-refractivity contribution < 1.29 is 0 Å². The minimum Gasteiger partial charge on any atom is -0.311 e. The lowest BCUT2D eigenvalue weighted by Gasteiger charge is -2.41. The molecule has 104 valence electrons. The van der Waals surface area contributed by atoms with Crippen molar-refractivity contribution in [1.29, 1.82) is 0 Å². The van der Waals surface area contributed by atoms with E-state index >= 15 is 0 Å². The van der Waals surface area contributed by atoms with Crippen LogP contribution in [0, 0.1) is 12.3 Å². The zero-order chi connectivity index (χ0) is 13.5. The standard InChI is InChI=1S/C18H27N/c1-13-6-8-14(9-7-13)15-11-16(12-15)19-17-5-4-10-18(17,2)3/h6-9,15-17,19H,4-5,10-12H2,1-3H3. The van der Waals surface area contributed by atoms with E-state index in [1.54, 1.807) is 0 Å². The number of nitrogens with one attached hydrogen (secondary N) is 1.